The first kappa shape index (κ1) is 13.4. The maximum atomic E-state index is 13.8. The van der Waals surface area contributed by atoms with E-state index in [4.69, 9.17) is 16.3 Å². The quantitative estimate of drug-likeness (QED) is 0.725. The van der Waals surface area contributed by atoms with Crippen LogP contribution < -0.4 is 4.74 Å². The van der Waals surface area contributed by atoms with E-state index >= 15 is 0 Å². The van der Waals surface area contributed by atoms with Crippen molar-refractivity contribution >= 4 is 27.5 Å². The zero-order valence-electron chi connectivity index (χ0n) is 9.50. The average molecular weight is 330 g/mol. The van der Waals surface area contributed by atoms with Crippen LogP contribution in [-0.2, 0) is 12.5 Å². The van der Waals surface area contributed by atoms with Gasteiger partial charge in [-0.3, -0.25) is 0 Å². The molecule has 18 heavy (non-hydrogen) atoms. The van der Waals surface area contributed by atoms with Gasteiger partial charge in [0.05, 0.1) is 5.88 Å². The number of hydrogen-bond acceptors (Lipinski definition) is 1. The van der Waals surface area contributed by atoms with Crippen molar-refractivity contribution in [3.63, 3.8) is 0 Å². The lowest BCUT2D eigenvalue weighted by molar-refractivity contribution is 0.287. The number of ether oxygens (including phenoxy) is 1. The molecule has 2 aromatic rings. The van der Waals surface area contributed by atoms with Gasteiger partial charge in [-0.1, -0.05) is 46.3 Å². The molecule has 2 aromatic carbocycles. The summed E-state index contributed by atoms with van der Waals surface area (Å²) in [5.74, 6) is 0.0218. The molecular formula is C14H11BrClFO. The molecule has 0 N–H and O–H groups in total. The zero-order chi connectivity index (χ0) is 13.0. The van der Waals surface area contributed by atoms with Gasteiger partial charge in [-0.05, 0) is 17.7 Å². The van der Waals surface area contributed by atoms with E-state index in [1.807, 2.05) is 30.3 Å². The standard InChI is InChI=1S/C14H11BrClFO/c15-12-6-11(8-16)14(13(17)7-12)18-9-10-4-2-1-3-5-10/h1-7H,8-9H2. The molecule has 0 aliphatic rings. The Hall–Kier alpha value is -1.06. The summed E-state index contributed by atoms with van der Waals surface area (Å²) in [7, 11) is 0. The highest BCUT2D eigenvalue weighted by Gasteiger charge is 2.11. The van der Waals surface area contributed by atoms with Crippen molar-refractivity contribution in [2.75, 3.05) is 0 Å². The largest absolute Gasteiger partial charge is 0.485 e. The molecule has 0 aliphatic heterocycles. The van der Waals surface area contributed by atoms with E-state index in [1.54, 1.807) is 6.07 Å². The van der Waals surface area contributed by atoms with Gasteiger partial charge in [-0.2, -0.15) is 0 Å². The average Bonchev–Trinajstić information content (AvgIpc) is 2.38. The first-order valence-corrected chi connectivity index (χ1v) is 6.74. The van der Waals surface area contributed by atoms with Crippen LogP contribution in [0.2, 0.25) is 0 Å². The molecule has 0 radical (unpaired) electrons. The predicted octanol–water partition coefficient (Wildman–Crippen LogP) is 4.91. The van der Waals surface area contributed by atoms with Crippen molar-refractivity contribution in [2.24, 2.45) is 0 Å². The van der Waals surface area contributed by atoms with E-state index < -0.39 is 5.82 Å². The maximum Gasteiger partial charge on any atom is 0.166 e. The molecule has 0 saturated carbocycles. The minimum absolute atomic E-state index is 0.209. The summed E-state index contributed by atoms with van der Waals surface area (Å²) in [6.07, 6.45) is 0. The summed E-state index contributed by atoms with van der Waals surface area (Å²) in [5, 5.41) is 0. The van der Waals surface area contributed by atoms with Gasteiger partial charge < -0.3 is 4.74 Å². The Morgan fingerprint density at radius 1 is 1.17 bits per heavy atom. The molecule has 0 unspecified atom stereocenters. The highest BCUT2D eigenvalue weighted by molar-refractivity contribution is 9.10. The van der Waals surface area contributed by atoms with E-state index in [2.05, 4.69) is 15.9 Å². The normalized spacial score (nSPS) is 10.4. The van der Waals surface area contributed by atoms with E-state index in [9.17, 15) is 4.39 Å². The van der Waals surface area contributed by atoms with Crippen LogP contribution in [0.25, 0.3) is 0 Å². The molecule has 0 bridgehead atoms. The van der Waals surface area contributed by atoms with Crippen LogP contribution in [0, 0.1) is 5.82 Å². The van der Waals surface area contributed by atoms with E-state index in [1.165, 1.54) is 6.07 Å². The lowest BCUT2D eigenvalue weighted by atomic mass is 10.2. The van der Waals surface area contributed by atoms with Gasteiger partial charge in [0.25, 0.3) is 0 Å². The van der Waals surface area contributed by atoms with Crippen molar-refractivity contribution in [1.29, 1.82) is 0 Å². The van der Waals surface area contributed by atoms with Gasteiger partial charge in [0, 0.05) is 10.0 Å². The van der Waals surface area contributed by atoms with E-state index in [-0.39, 0.29) is 11.6 Å². The van der Waals surface area contributed by atoms with Crippen LogP contribution in [0.1, 0.15) is 11.1 Å². The molecule has 0 fully saturated rings. The summed E-state index contributed by atoms with van der Waals surface area (Å²) >= 11 is 9.02. The predicted molar refractivity (Wildman–Crippen MR) is 74.4 cm³/mol. The Bertz CT molecular complexity index is 531. The molecular weight excluding hydrogens is 319 g/mol. The molecule has 1 nitrogen and oxygen atoms in total. The molecule has 0 heterocycles. The Morgan fingerprint density at radius 2 is 1.89 bits per heavy atom. The van der Waals surface area contributed by atoms with Gasteiger partial charge in [-0.25, -0.2) is 4.39 Å². The topological polar surface area (TPSA) is 9.23 Å². The maximum absolute atomic E-state index is 13.8. The third kappa shape index (κ3) is 3.24. The Balaban J connectivity index is 2.19. The summed E-state index contributed by atoms with van der Waals surface area (Å²) in [6.45, 7) is 0.323. The second-order valence-electron chi connectivity index (χ2n) is 3.78. The van der Waals surface area contributed by atoms with Crippen LogP contribution >= 0.6 is 27.5 Å². The number of halogens is 3. The SMILES string of the molecule is Fc1cc(Br)cc(CCl)c1OCc1ccccc1. The smallest absolute Gasteiger partial charge is 0.166 e. The summed E-state index contributed by atoms with van der Waals surface area (Å²) in [4.78, 5) is 0. The Morgan fingerprint density at radius 3 is 2.56 bits per heavy atom. The third-order valence-corrected chi connectivity index (χ3v) is 3.20. The van der Waals surface area contributed by atoms with Gasteiger partial charge >= 0.3 is 0 Å². The Kier molecular flexibility index (Phi) is 4.61. The monoisotopic (exact) mass is 328 g/mol. The molecule has 94 valence electrons. The fourth-order valence-corrected chi connectivity index (χ4v) is 2.28. The molecule has 0 aromatic heterocycles. The Labute approximate surface area is 119 Å². The molecule has 0 atom stereocenters. The summed E-state index contributed by atoms with van der Waals surface area (Å²) < 4.78 is 20.0. The first-order valence-electron chi connectivity index (χ1n) is 5.41. The molecule has 2 rings (SSSR count). The van der Waals surface area contributed by atoms with Gasteiger partial charge in [0.1, 0.15) is 6.61 Å². The molecule has 0 spiro atoms. The number of alkyl halides is 1. The van der Waals surface area contributed by atoms with Crippen LogP contribution in [0.5, 0.6) is 5.75 Å². The van der Waals surface area contributed by atoms with Crippen molar-refractivity contribution in [1.82, 2.24) is 0 Å². The number of rotatable bonds is 4. The minimum Gasteiger partial charge on any atom is -0.485 e. The number of hydrogen-bond donors (Lipinski definition) is 0. The van der Waals surface area contributed by atoms with Crippen molar-refractivity contribution in [2.45, 2.75) is 12.5 Å². The number of benzene rings is 2. The second kappa shape index (κ2) is 6.21. The fraction of sp³-hybridized carbons (Fsp3) is 0.143. The third-order valence-electron chi connectivity index (χ3n) is 2.46. The zero-order valence-corrected chi connectivity index (χ0v) is 11.8. The van der Waals surface area contributed by atoms with Crippen LogP contribution in [0.4, 0.5) is 4.39 Å². The minimum atomic E-state index is -0.407. The fourth-order valence-electron chi connectivity index (χ4n) is 1.60. The van der Waals surface area contributed by atoms with Crippen molar-refractivity contribution in [3.8, 4) is 5.75 Å². The van der Waals surface area contributed by atoms with Gasteiger partial charge in [-0.15, -0.1) is 11.6 Å². The highest BCUT2D eigenvalue weighted by atomic mass is 79.9. The van der Waals surface area contributed by atoms with Gasteiger partial charge in [0.2, 0.25) is 0 Å². The molecule has 0 aliphatic carbocycles. The van der Waals surface area contributed by atoms with E-state index in [0.29, 0.717) is 16.6 Å². The van der Waals surface area contributed by atoms with Crippen molar-refractivity contribution in [3.05, 3.63) is 63.9 Å². The molecule has 4 heteroatoms. The van der Waals surface area contributed by atoms with Crippen LogP contribution in [0.3, 0.4) is 0 Å². The first-order chi connectivity index (χ1) is 8.70. The van der Waals surface area contributed by atoms with Crippen molar-refractivity contribution < 1.29 is 9.13 Å². The van der Waals surface area contributed by atoms with Crippen LogP contribution in [-0.4, -0.2) is 0 Å². The molecule has 0 saturated heterocycles. The molecule has 0 amide bonds. The lowest BCUT2D eigenvalue weighted by Crippen LogP contribution is -2.00. The second-order valence-corrected chi connectivity index (χ2v) is 4.97. The van der Waals surface area contributed by atoms with Crippen LogP contribution in [0.15, 0.2) is 46.9 Å². The summed E-state index contributed by atoms with van der Waals surface area (Å²) in [6, 6.07) is 12.7. The van der Waals surface area contributed by atoms with E-state index in [0.717, 1.165) is 5.56 Å². The summed E-state index contributed by atoms with van der Waals surface area (Å²) in [5.41, 5.74) is 1.62. The lowest BCUT2D eigenvalue weighted by Gasteiger charge is -2.11. The van der Waals surface area contributed by atoms with Gasteiger partial charge in [0.15, 0.2) is 11.6 Å². The highest BCUT2D eigenvalue weighted by Crippen LogP contribution is 2.29.